The van der Waals surface area contributed by atoms with E-state index in [9.17, 15) is 13.5 Å². The molecule has 174 valence electrons. The minimum atomic E-state index is -3.53. The first-order chi connectivity index (χ1) is 15.9. The normalized spacial score (nSPS) is 14.8. The summed E-state index contributed by atoms with van der Waals surface area (Å²) in [7, 11) is -3.53. The van der Waals surface area contributed by atoms with Crippen LogP contribution in [0, 0.1) is 0 Å². The van der Waals surface area contributed by atoms with Crippen LogP contribution in [0.1, 0.15) is 23.3 Å². The molecule has 0 spiro atoms. The molecule has 1 aromatic heterocycles. The second-order valence-electron chi connectivity index (χ2n) is 7.70. The number of nitrogens with zero attached hydrogens (tertiary/aromatic N) is 2. The lowest BCUT2D eigenvalue weighted by Gasteiger charge is -2.15. The maximum absolute atomic E-state index is 12.5. The smallest absolute Gasteiger partial charge is 0.240 e. The van der Waals surface area contributed by atoms with Gasteiger partial charge < -0.3 is 15.3 Å². The summed E-state index contributed by atoms with van der Waals surface area (Å²) >= 11 is 7.58. The second kappa shape index (κ2) is 10.7. The number of aromatic nitrogens is 1. The number of rotatable bonds is 9. The molecular weight excluding hydrogens is 480 g/mol. The van der Waals surface area contributed by atoms with Gasteiger partial charge in [0.25, 0.3) is 0 Å². The molecule has 1 aliphatic heterocycles. The first-order valence-electron chi connectivity index (χ1n) is 10.6. The molecular formula is C23H25ClN4O3S2. The van der Waals surface area contributed by atoms with Gasteiger partial charge in [0, 0.05) is 34.9 Å². The number of nitrogens with one attached hydrogen (secondary N) is 2. The molecule has 0 saturated carbocycles. The predicted octanol–water partition coefficient (Wildman–Crippen LogP) is 4.79. The highest BCUT2D eigenvalue weighted by Gasteiger charge is 2.16. The minimum Gasteiger partial charge on any atom is -0.508 e. The zero-order valence-electron chi connectivity index (χ0n) is 17.9. The van der Waals surface area contributed by atoms with E-state index in [1.54, 1.807) is 42.6 Å². The van der Waals surface area contributed by atoms with Crippen LogP contribution in [0.15, 0.2) is 53.6 Å². The molecule has 0 aliphatic carbocycles. The number of benzene rings is 2. The molecule has 7 nitrogen and oxygen atoms in total. The maximum atomic E-state index is 12.5. The lowest BCUT2D eigenvalue weighted by molar-refractivity contribution is 0.344. The van der Waals surface area contributed by atoms with Gasteiger partial charge in [0.15, 0.2) is 5.13 Å². The van der Waals surface area contributed by atoms with E-state index < -0.39 is 10.0 Å². The number of sulfonamides is 1. The standard InChI is InChI=1S/C23H25ClN4O3S2/c24-22-10-6-19(29)15-17(22)3-7-20-16-25-23(32-20)27-18-4-8-21(9-5-18)33(30,31)26-11-14-28-12-1-2-13-28/h3-10,15-16,26,29H,1-2,11-14H2,(H,25,27)/b7-3+. The summed E-state index contributed by atoms with van der Waals surface area (Å²) in [6.45, 7) is 3.22. The van der Waals surface area contributed by atoms with E-state index in [2.05, 4.69) is 19.9 Å². The van der Waals surface area contributed by atoms with Gasteiger partial charge in [0.1, 0.15) is 5.75 Å². The van der Waals surface area contributed by atoms with Crippen LogP contribution in [0.2, 0.25) is 5.02 Å². The summed E-state index contributed by atoms with van der Waals surface area (Å²) in [5, 5.41) is 14.0. The highest BCUT2D eigenvalue weighted by atomic mass is 35.5. The van der Waals surface area contributed by atoms with E-state index in [0.29, 0.717) is 22.3 Å². The quantitative estimate of drug-likeness (QED) is 0.388. The summed E-state index contributed by atoms with van der Waals surface area (Å²) in [5.74, 6) is 0.151. The number of likely N-dealkylation sites (tertiary alicyclic amines) is 1. The number of phenolic OH excluding ortho intramolecular Hbond substituents is 1. The number of halogens is 1. The van der Waals surface area contributed by atoms with Gasteiger partial charge in [0.2, 0.25) is 10.0 Å². The highest BCUT2D eigenvalue weighted by Crippen LogP contribution is 2.27. The summed E-state index contributed by atoms with van der Waals surface area (Å²) in [5.41, 5.74) is 1.46. The van der Waals surface area contributed by atoms with Crippen molar-refractivity contribution in [3.8, 4) is 5.75 Å². The fourth-order valence-corrected chi connectivity index (χ4v) is 5.46. The molecule has 1 aliphatic rings. The average Bonchev–Trinajstić information content (AvgIpc) is 3.47. The van der Waals surface area contributed by atoms with E-state index in [1.165, 1.54) is 30.2 Å². The van der Waals surface area contributed by atoms with E-state index in [0.717, 1.165) is 30.2 Å². The van der Waals surface area contributed by atoms with Crippen LogP contribution < -0.4 is 10.0 Å². The fraction of sp³-hybridized carbons (Fsp3) is 0.261. The number of hydrogen-bond acceptors (Lipinski definition) is 7. The Labute approximate surface area is 202 Å². The second-order valence-corrected chi connectivity index (χ2v) is 10.9. The maximum Gasteiger partial charge on any atom is 0.240 e. The van der Waals surface area contributed by atoms with Crippen molar-refractivity contribution in [1.29, 1.82) is 0 Å². The Kier molecular flexibility index (Phi) is 7.67. The first-order valence-corrected chi connectivity index (χ1v) is 13.3. The lowest BCUT2D eigenvalue weighted by Crippen LogP contribution is -2.33. The monoisotopic (exact) mass is 504 g/mol. The Hall–Kier alpha value is -2.43. The van der Waals surface area contributed by atoms with E-state index in [-0.39, 0.29) is 10.6 Å². The molecule has 1 fully saturated rings. The fourth-order valence-electron chi connectivity index (χ4n) is 3.52. The third kappa shape index (κ3) is 6.55. The van der Waals surface area contributed by atoms with Crippen molar-refractivity contribution in [2.75, 3.05) is 31.5 Å². The van der Waals surface area contributed by atoms with Gasteiger partial charge >= 0.3 is 0 Å². The molecule has 3 aromatic rings. The van der Waals surface area contributed by atoms with Crippen LogP contribution in [0.25, 0.3) is 12.2 Å². The Morgan fingerprint density at radius 3 is 2.64 bits per heavy atom. The Balaban J connectivity index is 1.33. The lowest BCUT2D eigenvalue weighted by atomic mass is 10.2. The van der Waals surface area contributed by atoms with Crippen LogP contribution in [0.3, 0.4) is 0 Å². The molecule has 4 rings (SSSR count). The highest BCUT2D eigenvalue weighted by molar-refractivity contribution is 7.89. The van der Waals surface area contributed by atoms with E-state index in [1.807, 2.05) is 12.2 Å². The largest absolute Gasteiger partial charge is 0.508 e. The van der Waals surface area contributed by atoms with Crippen LogP contribution in [-0.2, 0) is 10.0 Å². The molecule has 0 bridgehead atoms. The van der Waals surface area contributed by atoms with Crippen molar-refractivity contribution >= 4 is 55.9 Å². The average molecular weight is 505 g/mol. The van der Waals surface area contributed by atoms with Crippen molar-refractivity contribution in [2.45, 2.75) is 17.7 Å². The molecule has 2 heterocycles. The number of anilines is 2. The summed E-state index contributed by atoms with van der Waals surface area (Å²) in [4.78, 5) is 7.76. The Bertz CT molecular complexity index is 1220. The van der Waals surface area contributed by atoms with Crippen LogP contribution in [0.5, 0.6) is 5.75 Å². The van der Waals surface area contributed by atoms with Crippen molar-refractivity contribution in [3.63, 3.8) is 0 Å². The van der Waals surface area contributed by atoms with E-state index >= 15 is 0 Å². The van der Waals surface area contributed by atoms with Gasteiger partial charge in [-0.15, -0.1) is 0 Å². The van der Waals surface area contributed by atoms with Crippen molar-refractivity contribution < 1.29 is 13.5 Å². The van der Waals surface area contributed by atoms with Crippen LogP contribution in [-0.4, -0.2) is 49.6 Å². The van der Waals surface area contributed by atoms with Gasteiger partial charge in [-0.1, -0.05) is 29.0 Å². The van der Waals surface area contributed by atoms with Crippen molar-refractivity contribution in [2.24, 2.45) is 0 Å². The third-order valence-electron chi connectivity index (χ3n) is 5.26. The summed E-state index contributed by atoms with van der Waals surface area (Å²) in [6.07, 6.45) is 7.78. The SMILES string of the molecule is O=S(=O)(NCCN1CCCC1)c1ccc(Nc2ncc(/C=C/c3cc(O)ccc3Cl)s2)cc1. The molecule has 0 amide bonds. The Morgan fingerprint density at radius 1 is 1.12 bits per heavy atom. The van der Waals surface area contributed by atoms with E-state index in [4.69, 9.17) is 11.6 Å². The Morgan fingerprint density at radius 2 is 1.88 bits per heavy atom. The number of phenols is 1. The van der Waals surface area contributed by atoms with Crippen molar-refractivity contribution in [3.05, 3.63) is 64.1 Å². The van der Waals surface area contributed by atoms with Crippen molar-refractivity contribution in [1.82, 2.24) is 14.6 Å². The third-order valence-corrected chi connectivity index (χ3v) is 7.96. The van der Waals surface area contributed by atoms with Gasteiger partial charge in [-0.2, -0.15) is 0 Å². The molecule has 1 saturated heterocycles. The van der Waals surface area contributed by atoms with Gasteiger partial charge in [-0.3, -0.25) is 0 Å². The van der Waals surface area contributed by atoms with Crippen LogP contribution in [0.4, 0.5) is 10.8 Å². The first kappa shape index (κ1) is 23.7. The van der Waals surface area contributed by atoms with Gasteiger partial charge in [0.05, 0.1) is 4.90 Å². The molecule has 33 heavy (non-hydrogen) atoms. The zero-order valence-corrected chi connectivity index (χ0v) is 20.3. The molecule has 0 atom stereocenters. The number of thiazole rings is 1. The summed E-state index contributed by atoms with van der Waals surface area (Å²) < 4.78 is 27.7. The van der Waals surface area contributed by atoms with Gasteiger partial charge in [-0.05, 0) is 80.0 Å². The molecule has 2 aromatic carbocycles. The number of aromatic hydroxyl groups is 1. The molecule has 0 unspecified atom stereocenters. The number of hydrogen-bond donors (Lipinski definition) is 3. The summed E-state index contributed by atoms with van der Waals surface area (Å²) in [6, 6.07) is 11.4. The topological polar surface area (TPSA) is 94.6 Å². The zero-order chi connectivity index (χ0) is 23.3. The molecule has 3 N–H and O–H groups in total. The molecule has 10 heteroatoms. The molecule has 0 radical (unpaired) electrons. The predicted molar refractivity (Wildman–Crippen MR) is 135 cm³/mol. The minimum absolute atomic E-state index is 0.151. The van der Waals surface area contributed by atoms with Gasteiger partial charge in [-0.25, -0.2) is 18.1 Å². The van der Waals surface area contributed by atoms with Crippen LogP contribution >= 0.6 is 22.9 Å².